The van der Waals surface area contributed by atoms with Gasteiger partial charge in [-0.2, -0.15) is 0 Å². The molecular weight excluding hydrogens is 484 g/mol. The molecule has 7 heteroatoms. The van der Waals surface area contributed by atoms with Crippen LogP contribution in [0.1, 0.15) is 16.7 Å². The number of ether oxygens (including phenoxy) is 3. The molecule has 0 spiro atoms. The van der Waals surface area contributed by atoms with Gasteiger partial charge in [0.05, 0.1) is 21.3 Å². The van der Waals surface area contributed by atoms with E-state index in [2.05, 4.69) is 22.8 Å². The molecule has 0 aliphatic rings. The second kappa shape index (κ2) is 12.1. The van der Waals surface area contributed by atoms with E-state index in [0.717, 1.165) is 33.6 Å². The molecule has 0 aliphatic carbocycles. The molecule has 0 unspecified atom stereocenters. The minimum atomic E-state index is -0.167. The maximum Gasteiger partial charge on any atom is 0.248 e. The molecule has 4 rings (SSSR count). The number of carbonyl (C=O) groups is 1. The summed E-state index contributed by atoms with van der Waals surface area (Å²) in [7, 11) is 4.77. The number of rotatable bonds is 10. The summed E-state index contributed by atoms with van der Waals surface area (Å²) in [5.74, 6) is 1.58. The molecule has 37 heavy (non-hydrogen) atoms. The lowest BCUT2D eigenvalue weighted by Gasteiger charge is -2.15. The van der Waals surface area contributed by atoms with Gasteiger partial charge in [-0.3, -0.25) is 4.79 Å². The molecule has 1 amide bonds. The number of amides is 1. The van der Waals surface area contributed by atoms with Gasteiger partial charge in [-0.05, 0) is 52.8 Å². The molecule has 0 atom stereocenters. The van der Waals surface area contributed by atoms with Gasteiger partial charge in [0.2, 0.25) is 11.7 Å². The van der Waals surface area contributed by atoms with Crippen molar-refractivity contribution in [1.29, 1.82) is 0 Å². The predicted octanol–water partition coefficient (Wildman–Crippen LogP) is 7.01. The standard InChI is InChI=1S/C30H30N2O4S/c1-20-7-13-23(28-6-5-15-37-28)16-25(20)32-29(33)14-12-21-8-10-22(11-9-21)19-31-24-17-26(34-2)30(36-4)27(18-24)35-3/h5-18,31H,19H2,1-4H3,(H,32,33)/b14-12+. The molecule has 2 N–H and O–H groups in total. The SMILES string of the molecule is COc1cc(NCc2ccc(/C=C/C(=O)Nc3cc(-c4cccs4)ccc3C)cc2)cc(OC)c1OC. The van der Waals surface area contributed by atoms with Gasteiger partial charge in [0.1, 0.15) is 0 Å². The highest BCUT2D eigenvalue weighted by Gasteiger charge is 2.13. The summed E-state index contributed by atoms with van der Waals surface area (Å²) >= 11 is 1.68. The molecule has 0 saturated carbocycles. The van der Waals surface area contributed by atoms with Crippen molar-refractivity contribution in [1.82, 2.24) is 0 Å². The number of aryl methyl sites for hydroxylation is 1. The van der Waals surface area contributed by atoms with Crippen molar-refractivity contribution in [3.05, 3.63) is 94.9 Å². The zero-order valence-electron chi connectivity index (χ0n) is 21.3. The van der Waals surface area contributed by atoms with Crippen LogP contribution in [0.4, 0.5) is 11.4 Å². The Morgan fingerprint density at radius 2 is 1.65 bits per heavy atom. The normalized spacial score (nSPS) is 10.8. The third kappa shape index (κ3) is 6.51. The van der Waals surface area contributed by atoms with Crippen molar-refractivity contribution in [2.24, 2.45) is 0 Å². The summed E-state index contributed by atoms with van der Waals surface area (Å²) in [5, 5.41) is 8.43. The fourth-order valence-electron chi connectivity index (χ4n) is 3.83. The molecule has 0 aliphatic heterocycles. The molecule has 4 aromatic rings. The number of anilines is 2. The lowest BCUT2D eigenvalue weighted by atomic mass is 10.1. The van der Waals surface area contributed by atoms with Gasteiger partial charge in [-0.15, -0.1) is 11.3 Å². The molecule has 1 aromatic heterocycles. The fraction of sp³-hybridized carbons (Fsp3) is 0.167. The van der Waals surface area contributed by atoms with E-state index in [1.165, 1.54) is 4.88 Å². The van der Waals surface area contributed by atoms with Crippen LogP contribution in [-0.4, -0.2) is 27.2 Å². The molecule has 0 saturated heterocycles. The number of hydrogen-bond acceptors (Lipinski definition) is 6. The summed E-state index contributed by atoms with van der Waals surface area (Å²) in [6.45, 7) is 2.60. The van der Waals surface area contributed by atoms with Gasteiger partial charge in [-0.25, -0.2) is 0 Å². The van der Waals surface area contributed by atoms with E-state index in [1.54, 1.807) is 38.7 Å². The highest BCUT2D eigenvalue weighted by molar-refractivity contribution is 7.13. The van der Waals surface area contributed by atoms with Gasteiger partial charge in [0, 0.05) is 41.0 Å². The van der Waals surface area contributed by atoms with E-state index in [4.69, 9.17) is 14.2 Å². The van der Waals surface area contributed by atoms with Crippen LogP contribution in [0.5, 0.6) is 17.2 Å². The lowest BCUT2D eigenvalue weighted by molar-refractivity contribution is -0.111. The quantitative estimate of drug-likeness (QED) is 0.223. The lowest BCUT2D eigenvalue weighted by Crippen LogP contribution is -2.09. The number of methoxy groups -OCH3 is 3. The van der Waals surface area contributed by atoms with Crippen LogP contribution < -0.4 is 24.8 Å². The number of thiophene rings is 1. The molecule has 0 bridgehead atoms. The zero-order chi connectivity index (χ0) is 26.2. The Labute approximate surface area is 221 Å². The number of hydrogen-bond donors (Lipinski definition) is 2. The minimum Gasteiger partial charge on any atom is -0.493 e. The third-order valence-corrected chi connectivity index (χ3v) is 6.79. The average Bonchev–Trinajstić information content (AvgIpc) is 3.47. The Hall–Kier alpha value is -4.23. The molecule has 6 nitrogen and oxygen atoms in total. The molecule has 190 valence electrons. The molecule has 3 aromatic carbocycles. The summed E-state index contributed by atoms with van der Waals surface area (Å²) < 4.78 is 16.2. The topological polar surface area (TPSA) is 68.8 Å². The largest absolute Gasteiger partial charge is 0.493 e. The second-order valence-electron chi connectivity index (χ2n) is 8.34. The van der Waals surface area contributed by atoms with Crippen molar-refractivity contribution in [3.63, 3.8) is 0 Å². The van der Waals surface area contributed by atoms with E-state index >= 15 is 0 Å². The van der Waals surface area contributed by atoms with Gasteiger partial charge >= 0.3 is 0 Å². The van der Waals surface area contributed by atoms with Crippen LogP contribution in [0.15, 0.2) is 78.2 Å². The Balaban J connectivity index is 1.36. The predicted molar refractivity (Wildman–Crippen MR) is 152 cm³/mol. The third-order valence-electron chi connectivity index (χ3n) is 5.87. The highest BCUT2D eigenvalue weighted by atomic mass is 32.1. The fourth-order valence-corrected chi connectivity index (χ4v) is 4.56. The first-order chi connectivity index (χ1) is 18.0. The number of carbonyl (C=O) groups excluding carboxylic acids is 1. The number of benzene rings is 3. The van der Waals surface area contributed by atoms with Crippen LogP contribution in [0.25, 0.3) is 16.5 Å². The van der Waals surface area contributed by atoms with Gasteiger partial charge < -0.3 is 24.8 Å². The van der Waals surface area contributed by atoms with Crippen LogP contribution in [0.2, 0.25) is 0 Å². The number of nitrogens with one attached hydrogen (secondary N) is 2. The first kappa shape index (κ1) is 25.9. The van der Waals surface area contributed by atoms with E-state index in [0.29, 0.717) is 23.8 Å². The van der Waals surface area contributed by atoms with Crippen LogP contribution in [0, 0.1) is 6.92 Å². The van der Waals surface area contributed by atoms with Gasteiger partial charge in [0.25, 0.3) is 0 Å². The maximum atomic E-state index is 12.6. The monoisotopic (exact) mass is 514 g/mol. The van der Waals surface area contributed by atoms with Crippen molar-refractivity contribution in [2.45, 2.75) is 13.5 Å². The zero-order valence-corrected chi connectivity index (χ0v) is 22.1. The van der Waals surface area contributed by atoms with Gasteiger partial charge in [-0.1, -0.05) is 42.5 Å². The summed E-state index contributed by atoms with van der Waals surface area (Å²) in [5.41, 5.74) is 5.82. The minimum absolute atomic E-state index is 0.167. The Kier molecular flexibility index (Phi) is 8.48. The highest BCUT2D eigenvalue weighted by Crippen LogP contribution is 2.40. The van der Waals surface area contributed by atoms with E-state index in [9.17, 15) is 4.79 Å². The maximum absolute atomic E-state index is 12.6. The summed E-state index contributed by atoms with van der Waals surface area (Å²) in [6.07, 6.45) is 3.37. The Morgan fingerprint density at radius 1 is 0.919 bits per heavy atom. The van der Waals surface area contributed by atoms with Crippen molar-refractivity contribution < 1.29 is 19.0 Å². The summed E-state index contributed by atoms with van der Waals surface area (Å²) in [4.78, 5) is 13.7. The molecule has 0 radical (unpaired) electrons. The average molecular weight is 515 g/mol. The molecule has 0 fully saturated rings. The van der Waals surface area contributed by atoms with E-state index in [1.807, 2.05) is 73.0 Å². The van der Waals surface area contributed by atoms with Gasteiger partial charge in [0.15, 0.2) is 11.5 Å². The second-order valence-corrected chi connectivity index (χ2v) is 9.29. The Morgan fingerprint density at radius 3 is 2.27 bits per heavy atom. The smallest absolute Gasteiger partial charge is 0.248 e. The first-order valence-electron chi connectivity index (χ1n) is 11.8. The van der Waals surface area contributed by atoms with E-state index in [-0.39, 0.29) is 5.91 Å². The van der Waals surface area contributed by atoms with Crippen molar-refractivity contribution in [2.75, 3.05) is 32.0 Å². The van der Waals surface area contributed by atoms with E-state index < -0.39 is 0 Å². The van der Waals surface area contributed by atoms with Crippen LogP contribution in [0.3, 0.4) is 0 Å². The van der Waals surface area contributed by atoms with Crippen molar-refractivity contribution in [3.8, 4) is 27.7 Å². The Bertz CT molecular complexity index is 1350. The molecule has 1 heterocycles. The van der Waals surface area contributed by atoms with Crippen LogP contribution >= 0.6 is 11.3 Å². The first-order valence-corrected chi connectivity index (χ1v) is 12.6. The van der Waals surface area contributed by atoms with Crippen molar-refractivity contribution >= 4 is 34.7 Å². The summed E-state index contributed by atoms with van der Waals surface area (Å²) in [6, 6.07) is 22.0. The molecular formula is C30H30N2O4S. The van der Waals surface area contributed by atoms with Crippen LogP contribution in [-0.2, 0) is 11.3 Å².